The number of nitrogens with one attached hydrogen (secondary N) is 1. The minimum absolute atomic E-state index is 0.253. The highest BCUT2D eigenvalue weighted by atomic mass is 16.5. The largest absolute Gasteiger partial charge is 0.493 e. The number of amides is 1. The number of methoxy groups -OCH3 is 1. The molecule has 1 aliphatic heterocycles. The van der Waals surface area contributed by atoms with Gasteiger partial charge in [0.05, 0.1) is 18.8 Å². The molecule has 1 aromatic heterocycles. The molecule has 0 spiro atoms. The van der Waals surface area contributed by atoms with Gasteiger partial charge in [-0.25, -0.2) is 0 Å². The number of carbonyl (C=O) groups excluding carboxylic acids is 1. The number of H-pyrrole nitrogens is 1. The van der Waals surface area contributed by atoms with Crippen molar-refractivity contribution in [2.24, 2.45) is 0 Å². The predicted molar refractivity (Wildman–Crippen MR) is 131 cm³/mol. The van der Waals surface area contributed by atoms with Gasteiger partial charge >= 0.3 is 0 Å². The van der Waals surface area contributed by atoms with Crippen molar-refractivity contribution >= 4 is 17.3 Å². The van der Waals surface area contributed by atoms with Crippen LogP contribution in [-0.4, -0.2) is 36.1 Å². The first-order valence-corrected chi connectivity index (χ1v) is 12.2. The SMILES string of the molecule is COc1cc2c(cc1OC1CCCC1)[C@@](C)(CCc1c[nH]c3cc(C)ccc13)N(C=O)CC2. The summed E-state index contributed by atoms with van der Waals surface area (Å²) in [6, 6.07) is 10.8. The maximum absolute atomic E-state index is 12.1. The highest BCUT2D eigenvalue weighted by molar-refractivity contribution is 5.83. The predicted octanol–water partition coefficient (Wildman–Crippen LogP) is 5.67. The summed E-state index contributed by atoms with van der Waals surface area (Å²) in [7, 11) is 1.71. The van der Waals surface area contributed by atoms with Gasteiger partial charge in [-0.15, -0.1) is 0 Å². The average molecular weight is 447 g/mol. The molecule has 33 heavy (non-hydrogen) atoms. The standard InChI is InChI=1S/C28H34N2O3/c1-19-8-9-23-21(17-29-25(23)14-19)10-12-28(2)24-16-27(33-22-6-4-5-7-22)26(32-3)15-20(24)11-13-30(28)18-31/h8-9,14-18,22,29H,4-7,10-13H2,1-3H3/t28-/m1/s1. The van der Waals surface area contributed by atoms with Gasteiger partial charge in [-0.05, 0) is 99.2 Å². The molecule has 0 saturated heterocycles. The van der Waals surface area contributed by atoms with Crippen LogP contribution in [0, 0.1) is 6.92 Å². The Hall–Kier alpha value is -2.95. The van der Waals surface area contributed by atoms with E-state index in [9.17, 15) is 4.79 Å². The molecule has 1 amide bonds. The Kier molecular flexibility index (Phi) is 5.81. The van der Waals surface area contributed by atoms with Crippen molar-refractivity contribution in [2.45, 2.75) is 70.4 Å². The Morgan fingerprint density at radius 2 is 2.00 bits per heavy atom. The van der Waals surface area contributed by atoms with E-state index in [4.69, 9.17) is 9.47 Å². The van der Waals surface area contributed by atoms with Crippen LogP contribution in [0.4, 0.5) is 0 Å². The first-order chi connectivity index (χ1) is 16.0. The van der Waals surface area contributed by atoms with Crippen LogP contribution in [0.1, 0.15) is 61.3 Å². The molecule has 2 aliphatic rings. The lowest BCUT2D eigenvalue weighted by Gasteiger charge is -2.45. The van der Waals surface area contributed by atoms with Gasteiger partial charge in [0.15, 0.2) is 11.5 Å². The number of hydrogen-bond acceptors (Lipinski definition) is 3. The van der Waals surface area contributed by atoms with Gasteiger partial charge in [0.1, 0.15) is 0 Å². The monoisotopic (exact) mass is 446 g/mol. The van der Waals surface area contributed by atoms with Crippen molar-refractivity contribution in [3.05, 3.63) is 58.8 Å². The molecular weight excluding hydrogens is 412 g/mol. The van der Waals surface area contributed by atoms with Gasteiger partial charge < -0.3 is 19.4 Å². The summed E-state index contributed by atoms with van der Waals surface area (Å²) in [4.78, 5) is 17.5. The molecule has 3 aromatic rings. The number of rotatable bonds is 7. The first-order valence-electron chi connectivity index (χ1n) is 12.2. The molecule has 0 bridgehead atoms. The zero-order valence-corrected chi connectivity index (χ0v) is 19.9. The molecule has 1 atom stereocenters. The number of fused-ring (bicyclic) bond motifs is 2. The van der Waals surface area contributed by atoms with Gasteiger partial charge in [-0.3, -0.25) is 4.79 Å². The van der Waals surface area contributed by atoms with Crippen LogP contribution in [-0.2, 0) is 23.2 Å². The molecule has 1 fully saturated rings. The summed E-state index contributed by atoms with van der Waals surface area (Å²) in [5, 5.41) is 1.26. The molecule has 5 nitrogen and oxygen atoms in total. The van der Waals surface area contributed by atoms with E-state index >= 15 is 0 Å². The summed E-state index contributed by atoms with van der Waals surface area (Å²) in [6.07, 6.45) is 10.6. The number of aryl methyl sites for hydroxylation is 2. The van der Waals surface area contributed by atoms with Crippen molar-refractivity contribution < 1.29 is 14.3 Å². The maximum atomic E-state index is 12.1. The minimum atomic E-state index is -0.399. The quantitative estimate of drug-likeness (QED) is 0.476. The molecule has 0 unspecified atom stereocenters. The molecule has 5 heteroatoms. The normalized spacial score (nSPS) is 20.8. The van der Waals surface area contributed by atoms with E-state index in [1.54, 1.807) is 7.11 Å². The second-order valence-corrected chi connectivity index (χ2v) is 9.87. The van der Waals surface area contributed by atoms with Crippen LogP contribution < -0.4 is 9.47 Å². The number of hydrogen-bond donors (Lipinski definition) is 1. The lowest BCUT2D eigenvalue weighted by atomic mass is 9.78. The number of ether oxygens (including phenoxy) is 2. The van der Waals surface area contributed by atoms with E-state index in [1.165, 1.54) is 46.0 Å². The zero-order chi connectivity index (χ0) is 23.0. The molecule has 1 saturated carbocycles. The topological polar surface area (TPSA) is 54.6 Å². The molecule has 2 aromatic carbocycles. The molecule has 5 rings (SSSR count). The van der Waals surface area contributed by atoms with Crippen molar-refractivity contribution in [3.63, 3.8) is 0 Å². The second-order valence-electron chi connectivity index (χ2n) is 9.87. The summed E-state index contributed by atoms with van der Waals surface area (Å²) in [5.74, 6) is 1.61. The summed E-state index contributed by atoms with van der Waals surface area (Å²) >= 11 is 0. The van der Waals surface area contributed by atoms with E-state index in [0.717, 1.165) is 50.0 Å². The first kappa shape index (κ1) is 21.9. The Morgan fingerprint density at radius 1 is 1.18 bits per heavy atom. The van der Waals surface area contributed by atoms with Crippen LogP contribution in [0.2, 0.25) is 0 Å². The van der Waals surface area contributed by atoms with E-state index in [2.05, 4.69) is 55.4 Å². The molecule has 1 aliphatic carbocycles. The van der Waals surface area contributed by atoms with E-state index in [0.29, 0.717) is 6.54 Å². The van der Waals surface area contributed by atoms with E-state index in [1.807, 2.05) is 4.90 Å². The number of aromatic nitrogens is 1. The third kappa shape index (κ3) is 3.98. The lowest BCUT2D eigenvalue weighted by Crippen LogP contribution is -2.48. The van der Waals surface area contributed by atoms with Gasteiger partial charge in [-0.2, -0.15) is 0 Å². The second kappa shape index (κ2) is 8.77. The van der Waals surface area contributed by atoms with Crippen LogP contribution in [0.15, 0.2) is 36.5 Å². The van der Waals surface area contributed by atoms with Crippen LogP contribution >= 0.6 is 0 Å². The van der Waals surface area contributed by atoms with E-state index < -0.39 is 5.54 Å². The number of benzene rings is 2. The fraction of sp³-hybridized carbons (Fsp3) is 0.464. The lowest BCUT2D eigenvalue weighted by molar-refractivity contribution is -0.124. The third-order valence-corrected chi connectivity index (χ3v) is 7.75. The summed E-state index contributed by atoms with van der Waals surface area (Å²) < 4.78 is 12.1. The maximum Gasteiger partial charge on any atom is 0.210 e. The summed E-state index contributed by atoms with van der Waals surface area (Å²) in [5.41, 5.74) is 5.75. The molecule has 174 valence electrons. The van der Waals surface area contributed by atoms with Crippen LogP contribution in [0.3, 0.4) is 0 Å². The highest BCUT2D eigenvalue weighted by Gasteiger charge is 2.39. The average Bonchev–Trinajstić information content (AvgIpc) is 3.47. The van der Waals surface area contributed by atoms with Crippen molar-refractivity contribution in [1.29, 1.82) is 0 Å². The van der Waals surface area contributed by atoms with Crippen LogP contribution in [0.25, 0.3) is 10.9 Å². The van der Waals surface area contributed by atoms with Gasteiger partial charge in [0.25, 0.3) is 0 Å². The molecule has 2 heterocycles. The van der Waals surface area contributed by atoms with E-state index in [-0.39, 0.29) is 6.10 Å². The Balaban J connectivity index is 1.49. The highest BCUT2D eigenvalue weighted by Crippen LogP contribution is 2.44. The molecular formula is C28H34N2O3. The van der Waals surface area contributed by atoms with Gasteiger partial charge in [0, 0.05) is 23.6 Å². The van der Waals surface area contributed by atoms with Crippen molar-refractivity contribution in [1.82, 2.24) is 9.88 Å². The van der Waals surface area contributed by atoms with Gasteiger partial charge in [-0.1, -0.05) is 12.1 Å². The molecule has 0 radical (unpaired) electrons. The number of nitrogens with zero attached hydrogens (tertiary/aromatic N) is 1. The van der Waals surface area contributed by atoms with Crippen molar-refractivity contribution in [3.8, 4) is 11.5 Å². The number of carbonyl (C=O) groups is 1. The minimum Gasteiger partial charge on any atom is -0.493 e. The fourth-order valence-electron chi connectivity index (χ4n) is 5.72. The smallest absolute Gasteiger partial charge is 0.210 e. The van der Waals surface area contributed by atoms with Crippen LogP contribution in [0.5, 0.6) is 11.5 Å². The number of aromatic amines is 1. The van der Waals surface area contributed by atoms with Crippen molar-refractivity contribution in [2.75, 3.05) is 13.7 Å². The zero-order valence-electron chi connectivity index (χ0n) is 19.9. The summed E-state index contributed by atoms with van der Waals surface area (Å²) in [6.45, 7) is 5.03. The van der Waals surface area contributed by atoms with Gasteiger partial charge in [0.2, 0.25) is 6.41 Å². The Morgan fingerprint density at radius 3 is 2.76 bits per heavy atom. The molecule has 1 N–H and O–H groups in total. The Bertz CT molecular complexity index is 1160. The third-order valence-electron chi connectivity index (χ3n) is 7.75. The Labute approximate surface area is 196 Å². The fourth-order valence-corrected chi connectivity index (χ4v) is 5.72.